The van der Waals surface area contributed by atoms with Gasteiger partial charge in [0.05, 0.1) is 6.10 Å². The number of halogens is 1. The molecule has 0 aromatic rings. The number of aliphatic hydroxyl groups is 2. The molecular weight excluding hydrogens is 347 g/mol. The van der Waals surface area contributed by atoms with E-state index >= 15 is 4.39 Å². The van der Waals surface area contributed by atoms with E-state index in [0.717, 1.165) is 5.57 Å². The Morgan fingerprint density at radius 3 is 2.59 bits per heavy atom. The molecule has 0 heterocycles. The van der Waals surface area contributed by atoms with Gasteiger partial charge in [-0.2, -0.15) is 0 Å². The van der Waals surface area contributed by atoms with Crippen molar-refractivity contribution in [1.82, 2.24) is 0 Å². The number of alkyl halides is 1. The maximum Gasteiger partial charge on any atom is 0.161 e. The van der Waals surface area contributed by atoms with Crippen LogP contribution in [0.5, 0.6) is 0 Å². The Labute approximate surface area is 159 Å². The zero-order chi connectivity index (χ0) is 20.0. The average molecular weight is 376 g/mol. The molecular formula is C22H29FO4. The van der Waals surface area contributed by atoms with Crippen LogP contribution in [0.2, 0.25) is 0 Å². The minimum absolute atomic E-state index is 0.000709. The van der Waals surface area contributed by atoms with Crippen LogP contribution in [0.1, 0.15) is 59.8 Å². The van der Waals surface area contributed by atoms with E-state index in [1.807, 2.05) is 26.8 Å². The topological polar surface area (TPSA) is 74.6 Å². The van der Waals surface area contributed by atoms with Crippen molar-refractivity contribution in [3.05, 3.63) is 23.3 Å². The Morgan fingerprint density at radius 2 is 1.96 bits per heavy atom. The smallest absolute Gasteiger partial charge is 0.161 e. The van der Waals surface area contributed by atoms with Gasteiger partial charge in [0.15, 0.2) is 17.2 Å². The number of fused-ring (bicyclic) bond motifs is 5. The molecule has 0 amide bonds. The Balaban J connectivity index is 1.91. The fourth-order valence-corrected chi connectivity index (χ4v) is 6.99. The Morgan fingerprint density at radius 1 is 1.30 bits per heavy atom. The van der Waals surface area contributed by atoms with Gasteiger partial charge in [0.25, 0.3) is 0 Å². The Kier molecular flexibility index (Phi) is 3.79. The van der Waals surface area contributed by atoms with Gasteiger partial charge in [-0.25, -0.2) is 4.39 Å². The minimum atomic E-state index is -1.91. The summed E-state index contributed by atoms with van der Waals surface area (Å²) >= 11 is 0. The van der Waals surface area contributed by atoms with Gasteiger partial charge in [-0.05, 0) is 57.1 Å². The molecule has 27 heavy (non-hydrogen) atoms. The monoisotopic (exact) mass is 376 g/mol. The van der Waals surface area contributed by atoms with Crippen LogP contribution in [-0.2, 0) is 9.59 Å². The molecule has 148 valence electrons. The highest BCUT2D eigenvalue weighted by Crippen LogP contribution is 2.69. The first-order valence-electron chi connectivity index (χ1n) is 9.96. The second-order valence-electron chi connectivity index (χ2n) is 9.70. The van der Waals surface area contributed by atoms with Crippen LogP contribution in [0.3, 0.4) is 0 Å². The molecule has 2 N–H and O–H groups in total. The maximum atomic E-state index is 16.9. The van der Waals surface area contributed by atoms with Gasteiger partial charge in [0.2, 0.25) is 0 Å². The largest absolute Gasteiger partial charge is 0.390 e. The molecule has 7 unspecified atom stereocenters. The van der Waals surface area contributed by atoms with Crippen LogP contribution in [0.25, 0.3) is 0 Å². The SMILES string of the molecule is CC(=O)C1(O)CCC2C3C=C(C)C4=CC(=O)CCC4(C)C3(F)C(O)CC21C. The third-order valence-corrected chi connectivity index (χ3v) is 8.65. The molecule has 4 rings (SSSR count). The van der Waals surface area contributed by atoms with Crippen LogP contribution < -0.4 is 0 Å². The zero-order valence-electron chi connectivity index (χ0n) is 16.5. The molecule has 2 saturated carbocycles. The summed E-state index contributed by atoms with van der Waals surface area (Å²) in [6.45, 7) is 6.93. The Hall–Kier alpha value is -1.33. The van der Waals surface area contributed by atoms with Crippen molar-refractivity contribution in [3.63, 3.8) is 0 Å². The number of rotatable bonds is 1. The fraction of sp³-hybridized carbons (Fsp3) is 0.727. The van der Waals surface area contributed by atoms with Gasteiger partial charge in [-0.15, -0.1) is 0 Å². The third kappa shape index (κ3) is 2.00. The van der Waals surface area contributed by atoms with Crippen LogP contribution in [0.4, 0.5) is 4.39 Å². The van der Waals surface area contributed by atoms with Gasteiger partial charge >= 0.3 is 0 Å². The first kappa shape index (κ1) is 19.0. The summed E-state index contributed by atoms with van der Waals surface area (Å²) in [7, 11) is 0. The molecule has 4 aliphatic rings. The van der Waals surface area contributed by atoms with Crippen molar-refractivity contribution in [2.24, 2.45) is 22.7 Å². The molecule has 0 aromatic heterocycles. The number of carbonyl (C=O) groups is 2. The predicted octanol–water partition coefficient (Wildman–Crippen LogP) is 3.07. The lowest BCUT2D eigenvalue weighted by molar-refractivity contribution is -0.209. The molecule has 0 aromatic carbocycles. The van der Waals surface area contributed by atoms with E-state index < -0.39 is 34.1 Å². The van der Waals surface area contributed by atoms with Crippen molar-refractivity contribution in [1.29, 1.82) is 0 Å². The lowest BCUT2D eigenvalue weighted by Gasteiger charge is -2.62. The van der Waals surface area contributed by atoms with Crippen molar-refractivity contribution >= 4 is 11.6 Å². The lowest BCUT2D eigenvalue weighted by atomic mass is 9.44. The van der Waals surface area contributed by atoms with Gasteiger partial charge < -0.3 is 10.2 Å². The highest BCUT2D eigenvalue weighted by atomic mass is 19.1. The van der Waals surface area contributed by atoms with Crippen LogP contribution in [0, 0.1) is 22.7 Å². The summed E-state index contributed by atoms with van der Waals surface area (Å²) in [5.74, 6) is -1.13. The standard InChI is InChI=1S/C22H29FO4/c1-12-9-17-15-6-8-21(27,13(2)24)20(15,4)11-18(26)22(17,23)19(3)7-5-14(25)10-16(12)19/h9-10,15,17-18,26-27H,5-8,11H2,1-4H3. The number of allylic oxidation sites excluding steroid dienone is 4. The number of carbonyl (C=O) groups excluding carboxylic acids is 2. The molecule has 4 aliphatic carbocycles. The highest BCUT2D eigenvalue weighted by molar-refractivity contribution is 5.93. The average Bonchev–Trinajstić information content (AvgIpc) is 2.85. The van der Waals surface area contributed by atoms with Gasteiger partial charge in [0, 0.05) is 23.2 Å². The quantitative estimate of drug-likeness (QED) is 0.738. The second kappa shape index (κ2) is 5.38. The van der Waals surface area contributed by atoms with E-state index in [1.54, 1.807) is 6.08 Å². The number of ketones is 2. The van der Waals surface area contributed by atoms with Crippen molar-refractivity contribution in [2.75, 3.05) is 0 Å². The summed E-state index contributed by atoms with van der Waals surface area (Å²) in [4.78, 5) is 24.3. The molecule has 4 nitrogen and oxygen atoms in total. The van der Waals surface area contributed by atoms with E-state index in [9.17, 15) is 19.8 Å². The lowest BCUT2D eigenvalue weighted by Crippen LogP contribution is -2.68. The summed E-state index contributed by atoms with van der Waals surface area (Å²) in [5.41, 5.74) is -3.68. The van der Waals surface area contributed by atoms with Gasteiger partial charge in [-0.1, -0.05) is 25.5 Å². The number of hydrogen-bond donors (Lipinski definition) is 2. The van der Waals surface area contributed by atoms with E-state index in [4.69, 9.17) is 0 Å². The summed E-state index contributed by atoms with van der Waals surface area (Å²) in [5, 5.41) is 22.3. The Bertz CT molecular complexity index is 800. The fourth-order valence-electron chi connectivity index (χ4n) is 6.99. The second-order valence-corrected chi connectivity index (χ2v) is 9.70. The van der Waals surface area contributed by atoms with Gasteiger partial charge in [-0.3, -0.25) is 9.59 Å². The molecule has 0 spiro atoms. The molecule has 0 aliphatic heterocycles. The van der Waals surface area contributed by atoms with E-state index in [0.29, 0.717) is 24.8 Å². The predicted molar refractivity (Wildman–Crippen MR) is 98.6 cm³/mol. The highest BCUT2D eigenvalue weighted by Gasteiger charge is 2.73. The summed E-state index contributed by atoms with van der Waals surface area (Å²) < 4.78 is 16.9. The minimum Gasteiger partial charge on any atom is -0.390 e. The van der Waals surface area contributed by atoms with Crippen molar-refractivity contribution in [3.8, 4) is 0 Å². The van der Waals surface area contributed by atoms with Crippen molar-refractivity contribution in [2.45, 2.75) is 77.2 Å². The maximum absolute atomic E-state index is 16.9. The molecule has 0 bridgehead atoms. The molecule has 0 radical (unpaired) electrons. The van der Waals surface area contributed by atoms with E-state index in [1.165, 1.54) is 6.92 Å². The third-order valence-electron chi connectivity index (χ3n) is 8.65. The first-order valence-corrected chi connectivity index (χ1v) is 9.96. The molecule has 0 saturated heterocycles. The number of Topliss-reactive ketones (excluding diaryl/α,β-unsaturated/α-hetero) is 1. The zero-order valence-corrected chi connectivity index (χ0v) is 16.5. The molecule has 5 heteroatoms. The number of aliphatic hydroxyl groups excluding tert-OH is 1. The summed E-state index contributed by atoms with van der Waals surface area (Å²) in [6, 6.07) is 0. The van der Waals surface area contributed by atoms with Crippen LogP contribution in [0.15, 0.2) is 23.3 Å². The van der Waals surface area contributed by atoms with Gasteiger partial charge in [0.1, 0.15) is 5.60 Å². The van der Waals surface area contributed by atoms with E-state index in [2.05, 4.69) is 0 Å². The van der Waals surface area contributed by atoms with Crippen molar-refractivity contribution < 1.29 is 24.2 Å². The van der Waals surface area contributed by atoms with Crippen LogP contribution >= 0.6 is 0 Å². The van der Waals surface area contributed by atoms with E-state index in [-0.39, 0.29) is 30.3 Å². The summed E-state index contributed by atoms with van der Waals surface area (Å²) in [6.07, 6.45) is 3.63. The molecule has 2 fully saturated rings. The molecule has 7 atom stereocenters. The van der Waals surface area contributed by atoms with Crippen LogP contribution in [-0.4, -0.2) is 39.2 Å². The normalized spacial score (nSPS) is 51.7. The number of hydrogen-bond acceptors (Lipinski definition) is 4. The first-order chi connectivity index (χ1) is 12.4.